The fourth-order valence-electron chi connectivity index (χ4n) is 2.20. The van der Waals surface area contributed by atoms with Gasteiger partial charge in [0.25, 0.3) is 0 Å². The van der Waals surface area contributed by atoms with Gasteiger partial charge in [0.1, 0.15) is 10.5 Å². The molecule has 0 aliphatic rings. The van der Waals surface area contributed by atoms with Crippen LogP contribution in [0.3, 0.4) is 0 Å². The van der Waals surface area contributed by atoms with Gasteiger partial charge in [-0.3, -0.25) is 0 Å². The van der Waals surface area contributed by atoms with Crippen LogP contribution in [0.5, 0.6) is 0 Å². The van der Waals surface area contributed by atoms with E-state index in [2.05, 4.69) is 21.9 Å². The zero-order valence-electron chi connectivity index (χ0n) is 12.2. The van der Waals surface area contributed by atoms with Gasteiger partial charge in [-0.2, -0.15) is 4.98 Å². The summed E-state index contributed by atoms with van der Waals surface area (Å²) in [5.74, 6) is 0.985. The molecule has 0 radical (unpaired) electrons. The molecule has 1 aromatic carbocycles. The number of hydrogen-bond acceptors (Lipinski definition) is 5. The topological polar surface area (TPSA) is 69.6 Å². The lowest BCUT2D eigenvalue weighted by atomic mass is 10.2. The van der Waals surface area contributed by atoms with Gasteiger partial charge < -0.3 is 10.3 Å². The van der Waals surface area contributed by atoms with Gasteiger partial charge in [-0.05, 0) is 18.1 Å². The van der Waals surface area contributed by atoms with Gasteiger partial charge in [0.15, 0.2) is 5.65 Å². The van der Waals surface area contributed by atoms with Crippen molar-refractivity contribution in [1.82, 2.24) is 19.5 Å². The van der Waals surface area contributed by atoms with Crippen LogP contribution in [0.2, 0.25) is 5.02 Å². The average Bonchev–Trinajstić information content (AvgIpc) is 2.90. The molecule has 2 N–H and O–H groups in total. The molecule has 0 atom stereocenters. The first-order valence-electron chi connectivity index (χ1n) is 7.03. The Morgan fingerprint density at radius 2 is 2.09 bits per heavy atom. The molecule has 3 rings (SSSR count). The smallest absolute Gasteiger partial charge is 0.223 e. The van der Waals surface area contributed by atoms with E-state index in [1.165, 1.54) is 0 Å². The van der Waals surface area contributed by atoms with Crippen LogP contribution in [0.25, 0.3) is 11.2 Å². The highest BCUT2D eigenvalue weighted by Gasteiger charge is 2.13. The highest BCUT2D eigenvalue weighted by atomic mass is 35.5. The Kier molecular flexibility index (Phi) is 4.49. The summed E-state index contributed by atoms with van der Waals surface area (Å²) in [6.45, 7) is 2.98. The first-order valence-corrected chi connectivity index (χ1v) is 8.40. The van der Waals surface area contributed by atoms with E-state index < -0.39 is 0 Å². The van der Waals surface area contributed by atoms with Crippen molar-refractivity contribution >= 4 is 40.5 Å². The fraction of sp³-hybridized carbons (Fsp3) is 0.267. The number of hydrogen-bond donors (Lipinski definition) is 1. The zero-order chi connectivity index (χ0) is 15.5. The maximum Gasteiger partial charge on any atom is 0.223 e. The van der Waals surface area contributed by atoms with Crippen LogP contribution in [0, 0.1) is 0 Å². The van der Waals surface area contributed by atoms with Gasteiger partial charge in [-0.25, -0.2) is 9.97 Å². The first kappa shape index (κ1) is 15.1. The van der Waals surface area contributed by atoms with E-state index in [4.69, 9.17) is 17.3 Å². The van der Waals surface area contributed by atoms with Crippen molar-refractivity contribution < 1.29 is 0 Å². The molecule has 0 aliphatic heterocycles. The molecule has 0 aliphatic carbocycles. The van der Waals surface area contributed by atoms with Gasteiger partial charge in [-0.1, -0.05) is 48.5 Å². The van der Waals surface area contributed by atoms with E-state index in [-0.39, 0.29) is 5.95 Å². The largest absolute Gasteiger partial charge is 0.368 e. The SMILES string of the molecule is CCCn1cnc2c(SCc3ccccc3Cl)nc(N)nc21. The minimum atomic E-state index is 0.270. The van der Waals surface area contributed by atoms with Gasteiger partial charge in [0.05, 0.1) is 6.33 Å². The quantitative estimate of drug-likeness (QED) is 0.568. The van der Waals surface area contributed by atoms with Crippen molar-refractivity contribution in [2.24, 2.45) is 0 Å². The van der Waals surface area contributed by atoms with Crippen LogP contribution in [-0.4, -0.2) is 19.5 Å². The summed E-state index contributed by atoms with van der Waals surface area (Å²) in [5.41, 5.74) is 8.49. The highest BCUT2D eigenvalue weighted by Crippen LogP contribution is 2.30. The van der Waals surface area contributed by atoms with Crippen molar-refractivity contribution in [1.29, 1.82) is 0 Å². The number of aromatic nitrogens is 4. The summed E-state index contributed by atoms with van der Waals surface area (Å²) in [5, 5.41) is 1.54. The number of benzene rings is 1. The normalized spacial score (nSPS) is 11.2. The fourth-order valence-corrected chi connectivity index (χ4v) is 3.47. The molecule has 0 saturated carbocycles. The van der Waals surface area contributed by atoms with Crippen LogP contribution in [0.15, 0.2) is 35.6 Å². The van der Waals surface area contributed by atoms with Gasteiger partial charge in [0, 0.05) is 17.3 Å². The Labute approximate surface area is 137 Å². The van der Waals surface area contributed by atoms with Crippen LogP contribution in [0.4, 0.5) is 5.95 Å². The van der Waals surface area contributed by atoms with Crippen LogP contribution in [0.1, 0.15) is 18.9 Å². The third kappa shape index (κ3) is 3.03. The van der Waals surface area contributed by atoms with E-state index in [1.54, 1.807) is 18.1 Å². The third-order valence-corrected chi connectivity index (χ3v) is 4.62. The average molecular weight is 334 g/mol. The molecule has 0 amide bonds. The second-order valence-electron chi connectivity index (χ2n) is 4.88. The summed E-state index contributed by atoms with van der Waals surface area (Å²) in [4.78, 5) is 13.1. The number of fused-ring (bicyclic) bond motifs is 1. The number of imidazole rings is 1. The van der Waals surface area contributed by atoms with Crippen molar-refractivity contribution in [3.8, 4) is 0 Å². The molecule has 0 fully saturated rings. The molecule has 2 heterocycles. The molecule has 5 nitrogen and oxygen atoms in total. The molecular formula is C15H16ClN5S. The second-order valence-corrected chi connectivity index (χ2v) is 6.25. The highest BCUT2D eigenvalue weighted by molar-refractivity contribution is 7.98. The van der Waals surface area contributed by atoms with Gasteiger partial charge in [0.2, 0.25) is 5.95 Å². The van der Waals surface area contributed by atoms with E-state index in [0.717, 1.165) is 39.7 Å². The maximum atomic E-state index is 6.19. The van der Waals surface area contributed by atoms with Crippen LogP contribution in [-0.2, 0) is 12.3 Å². The number of nitrogen functional groups attached to an aromatic ring is 1. The number of rotatable bonds is 5. The summed E-state index contributed by atoms with van der Waals surface area (Å²) in [6.07, 6.45) is 2.80. The molecule has 2 aromatic heterocycles. The predicted octanol–water partition coefficient (Wildman–Crippen LogP) is 3.76. The number of aryl methyl sites for hydroxylation is 1. The molecule has 0 spiro atoms. The van der Waals surface area contributed by atoms with E-state index in [0.29, 0.717) is 5.75 Å². The van der Waals surface area contributed by atoms with Crippen LogP contribution >= 0.6 is 23.4 Å². The number of thioether (sulfide) groups is 1. The number of nitrogens with zero attached hydrogens (tertiary/aromatic N) is 4. The van der Waals surface area contributed by atoms with Crippen molar-refractivity contribution in [2.45, 2.75) is 30.7 Å². The second kappa shape index (κ2) is 6.54. The molecule has 22 heavy (non-hydrogen) atoms. The minimum absolute atomic E-state index is 0.270. The van der Waals surface area contributed by atoms with E-state index >= 15 is 0 Å². The summed E-state index contributed by atoms with van der Waals surface area (Å²) in [7, 11) is 0. The lowest BCUT2D eigenvalue weighted by Crippen LogP contribution is -2.01. The molecule has 0 saturated heterocycles. The Morgan fingerprint density at radius 3 is 2.86 bits per heavy atom. The third-order valence-electron chi connectivity index (χ3n) is 3.24. The molecular weight excluding hydrogens is 318 g/mol. The molecule has 0 bridgehead atoms. The first-order chi connectivity index (χ1) is 10.7. The van der Waals surface area contributed by atoms with Crippen molar-refractivity contribution in [3.05, 3.63) is 41.2 Å². The van der Waals surface area contributed by atoms with Crippen molar-refractivity contribution in [2.75, 3.05) is 5.73 Å². The molecule has 7 heteroatoms. The van der Waals surface area contributed by atoms with E-state index in [1.807, 2.05) is 28.8 Å². The number of nitrogens with two attached hydrogens (primary N) is 1. The maximum absolute atomic E-state index is 6.19. The summed E-state index contributed by atoms with van der Waals surface area (Å²) in [6, 6.07) is 7.79. The number of anilines is 1. The Morgan fingerprint density at radius 1 is 1.27 bits per heavy atom. The number of halogens is 1. The zero-order valence-corrected chi connectivity index (χ0v) is 13.7. The van der Waals surface area contributed by atoms with Crippen LogP contribution < -0.4 is 5.73 Å². The Hall–Kier alpha value is -1.79. The lowest BCUT2D eigenvalue weighted by Gasteiger charge is -2.06. The Balaban J connectivity index is 1.92. The summed E-state index contributed by atoms with van der Waals surface area (Å²) < 4.78 is 2.01. The molecule has 0 unspecified atom stereocenters. The van der Waals surface area contributed by atoms with Gasteiger partial charge in [-0.15, -0.1) is 0 Å². The predicted molar refractivity (Wildman–Crippen MR) is 91.0 cm³/mol. The van der Waals surface area contributed by atoms with Crippen molar-refractivity contribution in [3.63, 3.8) is 0 Å². The Bertz CT molecular complexity index is 802. The minimum Gasteiger partial charge on any atom is -0.368 e. The monoisotopic (exact) mass is 333 g/mol. The van der Waals surface area contributed by atoms with Gasteiger partial charge >= 0.3 is 0 Å². The van der Waals surface area contributed by atoms with E-state index in [9.17, 15) is 0 Å². The molecule has 114 valence electrons. The standard InChI is InChI=1S/C15H16ClN5S/c1-2-7-21-9-18-12-13(21)19-15(17)20-14(12)22-8-10-5-3-4-6-11(10)16/h3-6,9H,2,7-8H2,1H3,(H2,17,19,20). The lowest BCUT2D eigenvalue weighted by molar-refractivity contribution is 0.691. The summed E-state index contributed by atoms with van der Waals surface area (Å²) >= 11 is 7.77. The molecule has 3 aromatic rings.